The monoisotopic (exact) mass is 275 g/mol. The molecule has 3 N–H and O–H groups in total. The van der Waals surface area contributed by atoms with Crippen LogP contribution >= 0.6 is 0 Å². The molecule has 1 aromatic rings. The van der Waals surface area contributed by atoms with Crippen molar-refractivity contribution in [2.75, 3.05) is 6.54 Å². The van der Waals surface area contributed by atoms with Crippen LogP contribution in [0.15, 0.2) is 6.20 Å². The minimum Gasteiger partial charge on any atom is -0.387 e. The second kappa shape index (κ2) is 4.57. The number of nitrogens with zero attached hydrogens (tertiary/aromatic N) is 2. The van der Waals surface area contributed by atoms with E-state index in [0.717, 1.165) is 34.9 Å². The van der Waals surface area contributed by atoms with Gasteiger partial charge in [-0.1, -0.05) is 0 Å². The number of aromatic nitrogens is 2. The highest BCUT2D eigenvalue weighted by Gasteiger charge is 2.49. The van der Waals surface area contributed by atoms with Gasteiger partial charge >= 0.3 is 0 Å². The molecule has 1 unspecified atom stereocenters. The molecule has 20 heavy (non-hydrogen) atoms. The van der Waals surface area contributed by atoms with Gasteiger partial charge in [0.1, 0.15) is 0 Å². The maximum Gasteiger partial charge on any atom is 0.0945 e. The van der Waals surface area contributed by atoms with Gasteiger partial charge in [-0.25, -0.2) is 0 Å². The van der Waals surface area contributed by atoms with Crippen molar-refractivity contribution in [2.45, 2.75) is 51.2 Å². The Hall–Kier alpha value is -0.870. The molecule has 1 aromatic heterocycles. The summed E-state index contributed by atoms with van der Waals surface area (Å²) in [6.45, 7) is 2.36. The first-order chi connectivity index (χ1) is 9.67. The molecule has 4 aliphatic carbocycles. The summed E-state index contributed by atoms with van der Waals surface area (Å²) in [5.74, 6) is 3.60. The number of rotatable bonds is 3. The molecule has 0 amide bonds. The van der Waals surface area contributed by atoms with Crippen molar-refractivity contribution in [3.63, 3.8) is 0 Å². The molecular formula is C16H25N3O. The summed E-state index contributed by atoms with van der Waals surface area (Å²) in [6, 6.07) is 0.571. The molecular weight excluding hydrogens is 250 g/mol. The Bertz CT molecular complexity index is 482. The van der Waals surface area contributed by atoms with Crippen LogP contribution in [0.4, 0.5) is 0 Å². The van der Waals surface area contributed by atoms with Crippen LogP contribution in [-0.2, 0) is 0 Å². The fourth-order valence-corrected chi connectivity index (χ4v) is 5.49. The first-order valence-corrected chi connectivity index (χ1v) is 8.09. The standard InChI is InChI=1S/C16H25N3O/c1-9-14(15(20)7-17)8-18-19(9)16-12-3-10-2-11(5-12)6-13(16)4-10/h8,10-13,15-16,20H,2-7,17H2,1H3. The van der Waals surface area contributed by atoms with Gasteiger partial charge in [0.05, 0.1) is 18.3 Å². The molecule has 0 aromatic carbocycles. The fraction of sp³-hybridized carbons (Fsp3) is 0.812. The molecule has 4 fully saturated rings. The maximum absolute atomic E-state index is 10.00. The van der Waals surface area contributed by atoms with Crippen LogP contribution in [0.2, 0.25) is 0 Å². The Balaban J connectivity index is 1.66. The number of hydrogen-bond acceptors (Lipinski definition) is 3. The molecule has 1 atom stereocenters. The van der Waals surface area contributed by atoms with E-state index in [-0.39, 0.29) is 6.54 Å². The molecule has 0 radical (unpaired) electrons. The third-order valence-corrected chi connectivity index (χ3v) is 6.12. The Labute approximate surface area is 120 Å². The highest BCUT2D eigenvalue weighted by molar-refractivity contribution is 5.21. The first-order valence-electron chi connectivity index (χ1n) is 8.09. The van der Waals surface area contributed by atoms with Crippen LogP contribution in [0.25, 0.3) is 0 Å². The van der Waals surface area contributed by atoms with Gasteiger partial charge in [0.2, 0.25) is 0 Å². The smallest absolute Gasteiger partial charge is 0.0945 e. The van der Waals surface area contributed by atoms with Crippen LogP contribution in [0, 0.1) is 30.6 Å². The Morgan fingerprint density at radius 3 is 2.40 bits per heavy atom. The topological polar surface area (TPSA) is 64.1 Å². The minimum absolute atomic E-state index is 0.272. The summed E-state index contributed by atoms with van der Waals surface area (Å²) in [7, 11) is 0. The van der Waals surface area contributed by atoms with Gasteiger partial charge in [-0.15, -0.1) is 0 Å². The second-order valence-corrected chi connectivity index (χ2v) is 7.30. The van der Waals surface area contributed by atoms with Crippen molar-refractivity contribution in [1.82, 2.24) is 9.78 Å². The summed E-state index contributed by atoms with van der Waals surface area (Å²) in [4.78, 5) is 0. The van der Waals surface area contributed by atoms with Crippen LogP contribution in [-0.4, -0.2) is 21.4 Å². The molecule has 4 bridgehead atoms. The van der Waals surface area contributed by atoms with Gasteiger partial charge in [0.15, 0.2) is 0 Å². The molecule has 0 saturated heterocycles. The summed E-state index contributed by atoms with van der Waals surface area (Å²) in [5, 5.41) is 14.6. The average molecular weight is 275 g/mol. The SMILES string of the molecule is Cc1c(C(O)CN)cnn1C1C2CC3CC(C2)CC1C3. The lowest BCUT2D eigenvalue weighted by Gasteiger charge is -2.54. The quantitative estimate of drug-likeness (QED) is 0.888. The zero-order chi connectivity index (χ0) is 13.9. The third kappa shape index (κ3) is 1.77. The van der Waals surface area contributed by atoms with Gasteiger partial charge in [-0.05, 0) is 62.7 Å². The normalized spacial score (nSPS) is 40.2. The predicted molar refractivity (Wildman–Crippen MR) is 77.1 cm³/mol. The van der Waals surface area contributed by atoms with E-state index in [1.54, 1.807) is 0 Å². The number of aliphatic hydroxyl groups excluding tert-OH is 1. The fourth-order valence-electron chi connectivity index (χ4n) is 5.49. The molecule has 4 aliphatic rings. The largest absolute Gasteiger partial charge is 0.387 e. The van der Waals surface area contributed by atoms with Crippen LogP contribution in [0.5, 0.6) is 0 Å². The molecule has 5 rings (SSSR count). The predicted octanol–water partition coefficient (Wildman–Crippen LogP) is 2.18. The molecule has 1 heterocycles. The maximum atomic E-state index is 10.00. The lowest BCUT2D eigenvalue weighted by Crippen LogP contribution is -2.46. The Morgan fingerprint density at radius 1 is 1.25 bits per heavy atom. The number of aliphatic hydroxyl groups is 1. The number of hydrogen-bond donors (Lipinski definition) is 2. The highest BCUT2D eigenvalue weighted by atomic mass is 16.3. The van der Waals surface area contributed by atoms with Crippen LogP contribution in [0.3, 0.4) is 0 Å². The average Bonchev–Trinajstić information content (AvgIpc) is 2.79. The molecule has 4 saturated carbocycles. The third-order valence-electron chi connectivity index (χ3n) is 6.12. The van der Waals surface area contributed by atoms with E-state index >= 15 is 0 Å². The van der Waals surface area contributed by atoms with E-state index < -0.39 is 6.10 Å². The van der Waals surface area contributed by atoms with E-state index in [1.165, 1.54) is 32.1 Å². The van der Waals surface area contributed by atoms with Crippen molar-refractivity contribution in [3.05, 3.63) is 17.5 Å². The molecule has 4 nitrogen and oxygen atoms in total. The number of nitrogens with two attached hydrogens (primary N) is 1. The lowest BCUT2D eigenvalue weighted by molar-refractivity contribution is -0.0344. The Kier molecular flexibility index (Phi) is 2.93. The van der Waals surface area contributed by atoms with Gasteiger partial charge < -0.3 is 10.8 Å². The van der Waals surface area contributed by atoms with Crippen molar-refractivity contribution in [3.8, 4) is 0 Å². The second-order valence-electron chi connectivity index (χ2n) is 7.30. The first kappa shape index (κ1) is 12.8. The summed E-state index contributed by atoms with van der Waals surface area (Å²) >= 11 is 0. The summed E-state index contributed by atoms with van der Waals surface area (Å²) in [6.07, 6.45) is 8.32. The van der Waals surface area contributed by atoms with Crippen molar-refractivity contribution < 1.29 is 5.11 Å². The minimum atomic E-state index is -0.569. The molecule has 0 spiro atoms. The van der Waals surface area contributed by atoms with E-state index in [0.29, 0.717) is 6.04 Å². The van der Waals surface area contributed by atoms with Gasteiger partial charge in [-0.3, -0.25) is 4.68 Å². The van der Waals surface area contributed by atoms with E-state index in [2.05, 4.69) is 16.7 Å². The van der Waals surface area contributed by atoms with E-state index in [4.69, 9.17) is 5.73 Å². The molecule has 4 heteroatoms. The zero-order valence-electron chi connectivity index (χ0n) is 12.2. The highest BCUT2D eigenvalue weighted by Crippen LogP contribution is 2.58. The van der Waals surface area contributed by atoms with Crippen molar-refractivity contribution in [2.24, 2.45) is 29.4 Å². The van der Waals surface area contributed by atoms with Crippen LogP contribution in [0.1, 0.15) is 55.5 Å². The van der Waals surface area contributed by atoms with Crippen molar-refractivity contribution >= 4 is 0 Å². The van der Waals surface area contributed by atoms with Gasteiger partial charge in [0.25, 0.3) is 0 Å². The van der Waals surface area contributed by atoms with Crippen molar-refractivity contribution in [1.29, 1.82) is 0 Å². The Morgan fingerprint density at radius 2 is 1.85 bits per heavy atom. The summed E-state index contributed by atoms with van der Waals surface area (Å²) in [5.41, 5.74) is 7.63. The summed E-state index contributed by atoms with van der Waals surface area (Å²) < 4.78 is 2.22. The van der Waals surface area contributed by atoms with E-state index in [1.807, 2.05) is 6.20 Å². The molecule has 0 aliphatic heterocycles. The van der Waals surface area contributed by atoms with Crippen LogP contribution < -0.4 is 5.73 Å². The van der Waals surface area contributed by atoms with E-state index in [9.17, 15) is 5.11 Å². The molecule has 110 valence electrons. The lowest BCUT2D eigenvalue weighted by atomic mass is 9.54. The van der Waals surface area contributed by atoms with Gasteiger partial charge in [-0.2, -0.15) is 5.10 Å². The zero-order valence-corrected chi connectivity index (χ0v) is 12.2. The van der Waals surface area contributed by atoms with Gasteiger partial charge in [0, 0.05) is 17.8 Å².